The summed E-state index contributed by atoms with van der Waals surface area (Å²) in [7, 11) is 0. The Labute approximate surface area is 213 Å². The SMILES string of the molecule is CC(C)C[C@H](NC(=O)CNC(=O)[C@H](Cc1ccccc1)NC(=O)/C=C/c1ccc(Br)cc1)C(N)=O. The minimum atomic E-state index is -0.908. The van der Waals surface area contributed by atoms with Crippen molar-refractivity contribution in [1.82, 2.24) is 16.0 Å². The van der Waals surface area contributed by atoms with Crippen molar-refractivity contribution in [3.8, 4) is 0 Å². The molecule has 2 atom stereocenters. The Kier molecular flexibility index (Phi) is 11.2. The van der Waals surface area contributed by atoms with Gasteiger partial charge in [0.25, 0.3) is 0 Å². The number of carbonyl (C=O) groups is 4. The topological polar surface area (TPSA) is 130 Å². The van der Waals surface area contributed by atoms with E-state index in [2.05, 4.69) is 31.9 Å². The molecule has 0 saturated heterocycles. The van der Waals surface area contributed by atoms with Crippen LogP contribution in [0.15, 0.2) is 65.1 Å². The number of primary amides is 1. The van der Waals surface area contributed by atoms with Gasteiger partial charge in [0, 0.05) is 17.0 Å². The highest BCUT2D eigenvalue weighted by atomic mass is 79.9. The first kappa shape index (κ1) is 27.8. The van der Waals surface area contributed by atoms with Gasteiger partial charge in [-0.05, 0) is 41.7 Å². The van der Waals surface area contributed by atoms with Crippen molar-refractivity contribution in [2.24, 2.45) is 11.7 Å². The predicted octanol–water partition coefficient (Wildman–Crippen LogP) is 2.32. The third-order valence-electron chi connectivity index (χ3n) is 5.02. The summed E-state index contributed by atoms with van der Waals surface area (Å²) in [5.74, 6) is -1.99. The smallest absolute Gasteiger partial charge is 0.244 e. The average molecular weight is 543 g/mol. The van der Waals surface area contributed by atoms with E-state index in [0.717, 1.165) is 15.6 Å². The first-order valence-corrected chi connectivity index (χ1v) is 12.1. The zero-order chi connectivity index (χ0) is 25.8. The third kappa shape index (κ3) is 10.6. The van der Waals surface area contributed by atoms with Gasteiger partial charge < -0.3 is 21.7 Å². The summed E-state index contributed by atoms with van der Waals surface area (Å²) < 4.78 is 0.925. The van der Waals surface area contributed by atoms with E-state index < -0.39 is 35.7 Å². The van der Waals surface area contributed by atoms with E-state index in [1.54, 1.807) is 6.08 Å². The standard InChI is InChI=1S/C26H31BrN4O4/c1-17(2)14-21(25(28)34)30-24(33)16-29-26(35)22(15-19-6-4-3-5-7-19)31-23(32)13-10-18-8-11-20(27)12-9-18/h3-13,17,21-22H,14-16H2,1-2H3,(H2,28,34)(H,29,35)(H,30,33)(H,31,32)/b13-10+/t21-,22-/m0/s1. The number of nitrogens with two attached hydrogens (primary N) is 1. The van der Waals surface area contributed by atoms with Gasteiger partial charge in [0.2, 0.25) is 23.6 Å². The molecule has 0 aliphatic carbocycles. The Morgan fingerprint density at radius 1 is 0.943 bits per heavy atom. The van der Waals surface area contributed by atoms with Gasteiger partial charge in [-0.25, -0.2) is 0 Å². The number of hydrogen-bond donors (Lipinski definition) is 4. The van der Waals surface area contributed by atoms with Crippen LogP contribution in [0.3, 0.4) is 0 Å². The lowest BCUT2D eigenvalue weighted by Crippen LogP contribution is -2.52. The van der Waals surface area contributed by atoms with Crippen LogP contribution in [0.2, 0.25) is 0 Å². The lowest BCUT2D eigenvalue weighted by Gasteiger charge is -2.20. The highest BCUT2D eigenvalue weighted by Crippen LogP contribution is 2.11. The van der Waals surface area contributed by atoms with E-state index in [1.807, 2.05) is 68.4 Å². The number of hydrogen-bond acceptors (Lipinski definition) is 4. The maximum atomic E-state index is 12.9. The van der Waals surface area contributed by atoms with Gasteiger partial charge in [-0.2, -0.15) is 0 Å². The summed E-state index contributed by atoms with van der Waals surface area (Å²) >= 11 is 3.36. The molecule has 0 aliphatic rings. The highest BCUT2D eigenvalue weighted by molar-refractivity contribution is 9.10. The van der Waals surface area contributed by atoms with Crippen molar-refractivity contribution in [3.63, 3.8) is 0 Å². The molecule has 0 fully saturated rings. The monoisotopic (exact) mass is 542 g/mol. The molecule has 8 nitrogen and oxygen atoms in total. The number of rotatable bonds is 12. The molecule has 0 radical (unpaired) electrons. The molecule has 35 heavy (non-hydrogen) atoms. The van der Waals surface area contributed by atoms with Crippen molar-refractivity contribution in [1.29, 1.82) is 0 Å². The fourth-order valence-corrected chi connectivity index (χ4v) is 3.54. The van der Waals surface area contributed by atoms with Crippen molar-refractivity contribution in [2.75, 3.05) is 6.54 Å². The van der Waals surface area contributed by atoms with Gasteiger partial charge in [-0.1, -0.05) is 72.2 Å². The molecule has 186 valence electrons. The van der Waals surface area contributed by atoms with E-state index in [9.17, 15) is 19.2 Å². The molecule has 0 bridgehead atoms. The van der Waals surface area contributed by atoms with Crippen LogP contribution < -0.4 is 21.7 Å². The lowest BCUT2D eigenvalue weighted by molar-refractivity contribution is -0.130. The third-order valence-corrected chi connectivity index (χ3v) is 5.55. The Morgan fingerprint density at radius 2 is 1.60 bits per heavy atom. The largest absolute Gasteiger partial charge is 0.368 e. The molecule has 0 aliphatic heterocycles. The van der Waals surface area contributed by atoms with E-state index in [4.69, 9.17) is 5.73 Å². The average Bonchev–Trinajstić information content (AvgIpc) is 2.81. The van der Waals surface area contributed by atoms with E-state index in [0.29, 0.717) is 6.42 Å². The minimum absolute atomic E-state index is 0.151. The molecular formula is C26H31BrN4O4. The van der Waals surface area contributed by atoms with E-state index in [-0.39, 0.29) is 18.9 Å². The Balaban J connectivity index is 2.02. The normalized spacial score (nSPS) is 12.7. The molecule has 9 heteroatoms. The number of benzene rings is 2. The molecule has 4 amide bonds. The van der Waals surface area contributed by atoms with Crippen LogP contribution in [0.1, 0.15) is 31.4 Å². The van der Waals surface area contributed by atoms with Crippen LogP contribution in [-0.2, 0) is 25.6 Å². The van der Waals surface area contributed by atoms with Crippen molar-refractivity contribution in [2.45, 2.75) is 38.8 Å². The van der Waals surface area contributed by atoms with E-state index in [1.165, 1.54) is 6.08 Å². The fourth-order valence-electron chi connectivity index (χ4n) is 3.28. The second-order valence-electron chi connectivity index (χ2n) is 8.51. The van der Waals surface area contributed by atoms with Crippen LogP contribution in [-0.4, -0.2) is 42.3 Å². The van der Waals surface area contributed by atoms with Gasteiger partial charge in [-0.3, -0.25) is 19.2 Å². The molecule has 0 unspecified atom stereocenters. The number of amides is 4. The van der Waals surface area contributed by atoms with Crippen LogP contribution in [0.5, 0.6) is 0 Å². The van der Waals surface area contributed by atoms with Gasteiger partial charge in [0.15, 0.2) is 0 Å². The van der Waals surface area contributed by atoms with Crippen molar-refractivity contribution < 1.29 is 19.2 Å². The molecule has 0 aromatic heterocycles. The number of halogens is 1. The maximum absolute atomic E-state index is 12.9. The van der Waals surface area contributed by atoms with Crippen molar-refractivity contribution in [3.05, 3.63) is 76.3 Å². The van der Waals surface area contributed by atoms with Crippen LogP contribution in [0, 0.1) is 5.92 Å². The molecular weight excluding hydrogens is 512 g/mol. The van der Waals surface area contributed by atoms with E-state index >= 15 is 0 Å². The Bertz CT molecular complexity index is 1040. The molecule has 0 heterocycles. The first-order chi connectivity index (χ1) is 16.6. The highest BCUT2D eigenvalue weighted by Gasteiger charge is 2.23. The second-order valence-corrected chi connectivity index (χ2v) is 9.42. The summed E-state index contributed by atoms with van der Waals surface area (Å²) in [6, 6.07) is 14.9. The quantitative estimate of drug-likeness (QED) is 0.306. The van der Waals surface area contributed by atoms with Crippen LogP contribution in [0.25, 0.3) is 6.08 Å². The minimum Gasteiger partial charge on any atom is -0.368 e. The molecule has 5 N–H and O–H groups in total. The summed E-state index contributed by atoms with van der Waals surface area (Å²) in [5.41, 5.74) is 7.03. The first-order valence-electron chi connectivity index (χ1n) is 11.3. The fraction of sp³-hybridized carbons (Fsp3) is 0.308. The number of nitrogens with one attached hydrogen (secondary N) is 3. The van der Waals surface area contributed by atoms with Gasteiger partial charge >= 0.3 is 0 Å². The summed E-state index contributed by atoms with van der Waals surface area (Å²) in [5, 5.41) is 7.79. The zero-order valence-electron chi connectivity index (χ0n) is 19.8. The second kappa shape index (κ2) is 14.1. The molecule has 0 saturated carbocycles. The maximum Gasteiger partial charge on any atom is 0.244 e. The Hall–Kier alpha value is -3.46. The Morgan fingerprint density at radius 3 is 2.20 bits per heavy atom. The molecule has 2 aromatic carbocycles. The summed E-state index contributed by atoms with van der Waals surface area (Å²) in [4.78, 5) is 49.3. The summed E-state index contributed by atoms with van der Waals surface area (Å²) in [6.45, 7) is 3.47. The molecule has 0 spiro atoms. The van der Waals surface area contributed by atoms with Gasteiger partial charge in [0.1, 0.15) is 12.1 Å². The lowest BCUT2D eigenvalue weighted by atomic mass is 10.0. The molecule has 2 aromatic rings. The van der Waals surface area contributed by atoms with Crippen molar-refractivity contribution >= 4 is 45.6 Å². The van der Waals surface area contributed by atoms with Crippen LogP contribution >= 0.6 is 15.9 Å². The molecule has 2 rings (SSSR count). The van der Waals surface area contributed by atoms with Gasteiger partial charge in [-0.15, -0.1) is 0 Å². The zero-order valence-corrected chi connectivity index (χ0v) is 21.4. The van der Waals surface area contributed by atoms with Crippen LogP contribution in [0.4, 0.5) is 0 Å². The van der Waals surface area contributed by atoms with Gasteiger partial charge in [0.05, 0.1) is 6.54 Å². The number of carbonyl (C=O) groups excluding carboxylic acids is 4. The predicted molar refractivity (Wildman–Crippen MR) is 139 cm³/mol. The summed E-state index contributed by atoms with van der Waals surface area (Å²) in [6.07, 6.45) is 3.63.